The van der Waals surface area contributed by atoms with Crippen molar-refractivity contribution < 1.29 is 0 Å². The van der Waals surface area contributed by atoms with Gasteiger partial charge in [0.25, 0.3) is 0 Å². The van der Waals surface area contributed by atoms with Gasteiger partial charge in [-0.2, -0.15) is 0 Å². The van der Waals surface area contributed by atoms with Crippen molar-refractivity contribution in [3.05, 3.63) is 76.2 Å². The van der Waals surface area contributed by atoms with Gasteiger partial charge in [0, 0.05) is 10.8 Å². The molecule has 1 unspecified atom stereocenters. The molecule has 0 aromatic heterocycles. The highest BCUT2D eigenvalue weighted by molar-refractivity contribution is 8.03. The van der Waals surface area contributed by atoms with Gasteiger partial charge in [-0.1, -0.05) is 60.3 Å². The number of thioether (sulfide) groups is 1. The number of benzene rings is 2. The van der Waals surface area contributed by atoms with Gasteiger partial charge in [-0.25, -0.2) is 0 Å². The van der Waals surface area contributed by atoms with Gasteiger partial charge in [-0.15, -0.1) is 0 Å². The maximum Gasteiger partial charge on any atom is 0.0414 e. The minimum atomic E-state index is 0.501. The molecular formula is C16H12S. The smallest absolute Gasteiger partial charge is 0.0414 e. The first-order valence-corrected chi connectivity index (χ1v) is 6.80. The Labute approximate surface area is 105 Å². The molecule has 2 aromatic carbocycles. The molecular weight excluding hydrogens is 224 g/mol. The summed E-state index contributed by atoms with van der Waals surface area (Å²) >= 11 is 1.94. The molecule has 1 heteroatoms. The molecule has 2 aromatic rings. The second-order valence-corrected chi connectivity index (χ2v) is 5.70. The second kappa shape index (κ2) is 3.51. The van der Waals surface area contributed by atoms with Gasteiger partial charge < -0.3 is 0 Å². The van der Waals surface area contributed by atoms with E-state index in [2.05, 4.69) is 54.6 Å². The monoisotopic (exact) mass is 236 g/mol. The third-order valence-electron chi connectivity index (χ3n) is 3.63. The summed E-state index contributed by atoms with van der Waals surface area (Å²) in [5, 5.41) is 0. The largest absolute Gasteiger partial charge is 0.0935 e. The average molecular weight is 236 g/mol. The minimum Gasteiger partial charge on any atom is -0.0935 e. The van der Waals surface area contributed by atoms with Crippen LogP contribution in [0.1, 0.15) is 22.6 Å². The van der Waals surface area contributed by atoms with Crippen molar-refractivity contribution in [1.29, 1.82) is 0 Å². The van der Waals surface area contributed by atoms with Crippen LogP contribution in [0.5, 0.6) is 0 Å². The fraction of sp³-hybridized carbons (Fsp3) is 0.125. The Bertz CT molecular complexity index is 619. The molecule has 0 saturated carbocycles. The zero-order valence-electron chi connectivity index (χ0n) is 9.39. The minimum absolute atomic E-state index is 0.501. The maximum atomic E-state index is 2.40. The lowest BCUT2D eigenvalue weighted by atomic mass is 9.83. The van der Waals surface area contributed by atoms with E-state index in [0.717, 1.165) is 6.42 Å². The van der Waals surface area contributed by atoms with E-state index in [0.29, 0.717) is 5.92 Å². The molecule has 17 heavy (non-hydrogen) atoms. The van der Waals surface area contributed by atoms with E-state index < -0.39 is 0 Å². The number of hydrogen-bond acceptors (Lipinski definition) is 1. The lowest BCUT2D eigenvalue weighted by molar-refractivity contribution is 0.935. The van der Waals surface area contributed by atoms with Crippen molar-refractivity contribution in [2.45, 2.75) is 17.2 Å². The van der Waals surface area contributed by atoms with E-state index in [-0.39, 0.29) is 0 Å². The van der Waals surface area contributed by atoms with Crippen molar-refractivity contribution in [1.82, 2.24) is 0 Å². The van der Waals surface area contributed by atoms with E-state index in [4.69, 9.17) is 0 Å². The molecule has 0 radical (unpaired) electrons. The van der Waals surface area contributed by atoms with Crippen LogP contribution >= 0.6 is 11.8 Å². The third-order valence-corrected chi connectivity index (χ3v) is 4.86. The van der Waals surface area contributed by atoms with Crippen LogP contribution < -0.4 is 0 Å². The van der Waals surface area contributed by atoms with E-state index >= 15 is 0 Å². The predicted octanol–water partition coefficient (Wildman–Crippen LogP) is 4.36. The SMILES string of the molecule is C1=C2Sc3ccccc3C2c2ccccc2C1. The molecule has 0 nitrogen and oxygen atoms in total. The molecule has 82 valence electrons. The van der Waals surface area contributed by atoms with Crippen LogP contribution in [0.3, 0.4) is 0 Å². The van der Waals surface area contributed by atoms with Gasteiger partial charge in [-0.3, -0.25) is 0 Å². The lowest BCUT2D eigenvalue weighted by Crippen LogP contribution is -2.06. The highest BCUT2D eigenvalue weighted by Crippen LogP contribution is 2.53. The van der Waals surface area contributed by atoms with Crippen molar-refractivity contribution in [3.63, 3.8) is 0 Å². The van der Waals surface area contributed by atoms with Crippen LogP contribution in [0.2, 0.25) is 0 Å². The summed E-state index contributed by atoms with van der Waals surface area (Å²) in [7, 11) is 0. The molecule has 0 fully saturated rings. The Morgan fingerprint density at radius 2 is 1.65 bits per heavy atom. The van der Waals surface area contributed by atoms with Gasteiger partial charge in [0.1, 0.15) is 0 Å². The molecule has 4 rings (SSSR count). The predicted molar refractivity (Wildman–Crippen MR) is 72.4 cm³/mol. The molecule has 1 aliphatic carbocycles. The van der Waals surface area contributed by atoms with Crippen molar-refractivity contribution in [3.8, 4) is 0 Å². The van der Waals surface area contributed by atoms with Crippen molar-refractivity contribution in [2.24, 2.45) is 0 Å². The van der Waals surface area contributed by atoms with Crippen LogP contribution in [-0.2, 0) is 6.42 Å². The number of rotatable bonds is 0. The standard InChI is InChI=1S/C16H12S/c1-2-6-12-11(5-1)9-10-15-16(12)13-7-3-4-8-14(13)17-15/h1-8,10,16H,9H2. The van der Waals surface area contributed by atoms with Gasteiger partial charge >= 0.3 is 0 Å². The van der Waals surface area contributed by atoms with Crippen molar-refractivity contribution >= 4 is 11.8 Å². The topological polar surface area (TPSA) is 0 Å². The molecule has 0 N–H and O–H groups in total. The highest BCUT2D eigenvalue weighted by Gasteiger charge is 2.32. The molecule has 1 heterocycles. The number of fused-ring (bicyclic) bond motifs is 5. The fourth-order valence-electron chi connectivity index (χ4n) is 2.84. The lowest BCUT2D eigenvalue weighted by Gasteiger charge is -2.21. The molecule has 2 aliphatic rings. The molecule has 0 amide bonds. The van der Waals surface area contributed by atoms with Crippen LogP contribution in [-0.4, -0.2) is 0 Å². The molecule has 0 spiro atoms. The Kier molecular flexibility index (Phi) is 1.97. The van der Waals surface area contributed by atoms with Crippen LogP contribution in [0, 0.1) is 0 Å². The summed E-state index contributed by atoms with van der Waals surface area (Å²) in [4.78, 5) is 2.95. The van der Waals surface area contributed by atoms with Gasteiger partial charge in [0.15, 0.2) is 0 Å². The average Bonchev–Trinajstić information content (AvgIpc) is 2.77. The Morgan fingerprint density at radius 3 is 2.59 bits per heavy atom. The molecule has 1 aliphatic heterocycles. The van der Waals surface area contributed by atoms with Gasteiger partial charge in [0.2, 0.25) is 0 Å². The van der Waals surface area contributed by atoms with E-state index in [1.807, 2.05) is 11.8 Å². The normalized spacial score (nSPS) is 20.2. The summed E-state index contributed by atoms with van der Waals surface area (Å²) in [5.41, 5.74) is 4.47. The van der Waals surface area contributed by atoms with E-state index in [9.17, 15) is 0 Å². The van der Waals surface area contributed by atoms with E-state index in [1.54, 1.807) is 0 Å². The van der Waals surface area contributed by atoms with Crippen LogP contribution in [0.25, 0.3) is 0 Å². The summed E-state index contributed by atoms with van der Waals surface area (Å²) < 4.78 is 0. The Balaban J connectivity index is 1.97. The zero-order chi connectivity index (χ0) is 11.2. The maximum absolute atomic E-state index is 2.40. The van der Waals surface area contributed by atoms with Crippen LogP contribution in [0.4, 0.5) is 0 Å². The second-order valence-electron chi connectivity index (χ2n) is 4.58. The molecule has 1 atom stereocenters. The first-order valence-electron chi connectivity index (χ1n) is 5.98. The summed E-state index contributed by atoms with van der Waals surface area (Å²) in [6.45, 7) is 0. The number of hydrogen-bond donors (Lipinski definition) is 0. The van der Waals surface area contributed by atoms with Crippen LogP contribution in [0.15, 0.2) is 64.4 Å². The zero-order valence-corrected chi connectivity index (χ0v) is 10.2. The number of allylic oxidation sites excluding steroid dienone is 2. The fourth-order valence-corrected chi connectivity index (χ4v) is 4.09. The quantitative estimate of drug-likeness (QED) is 0.654. The summed E-state index contributed by atoms with van der Waals surface area (Å²) in [6, 6.07) is 17.6. The summed E-state index contributed by atoms with van der Waals surface area (Å²) in [6.07, 6.45) is 3.49. The highest BCUT2D eigenvalue weighted by atomic mass is 32.2. The van der Waals surface area contributed by atoms with Gasteiger partial charge in [-0.05, 0) is 34.1 Å². The summed E-state index contributed by atoms with van der Waals surface area (Å²) in [5.74, 6) is 0.501. The molecule has 0 bridgehead atoms. The van der Waals surface area contributed by atoms with Gasteiger partial charge in [0.05, 0.1) is 0 Å². The first-order chi connectivity index (χ1) is 8.43. The Morgan fingerprint density at radius 1 is 0.882 bits per heavy atom. The van der Waals surface area contributed by atoms with Crippen molar-refractivity contribution in [2.75, 3.05) is 0 Å². The van der Waals surface area contributed by atoms with E-state index in [1.165, 1.54) is 26.5 Å². The molecule has 0 saturated heterocycles. The first kappa shape index (κ1) is 9.55. The Hall–Kier alpha value is -1.47. The third kappa shape index (κ3) is 1.32.